The summed E-state index contributed by atoms with van der Waals surface area (Å²) in [6.07, 6.45) is -0.661. The first-order chi connectivity index (χ1) is 14.2. The van der Waals surface area contributed by atoms with E-state index in [4.69, 9.17) is 9.47 Å². The molecule has 3 aromatic rings. The van der Waals surface area contributed by atoms with Crippen LogP contribution in [0.25, 0.3) is 11.1 Å². The summed E-state index contributed by atoms with van der Waals surface area (Å²) in [5.41, 5.74) is 5.22. The Kier molecular flexibility index (Phi) is 5.29. The number of methoxy groups -OCH3 is 1. The number of carbonyl (C=O) groups is 2. The maximum atomic E-state index is 12.5. The lowest BCUT2D eigenvalue weighted by atomic mass is 9.98. The van der Waals surface area contributed by atoms with Gasteiger partial charge in [0.05, 0.1) is 7.11 Å². The third kappa shape index (κ3) is 3.72. The van der Waals surface area contributed by atoms with E-state index in [0.29, 0.717) is 5.56 Å². The largest absolute Gasteiger partial charge is 0.467 e. The van der Waals surface area contributed by atoms with Gasteiger partial charge < -0.3 is 14.8 Å². The third-order valence-electron chi connectivity index (χ3n) is 5.18. The highest BCUT2D eigenvalue weighted by Gasteiger charge is 2.30. The molecular weight excluding hydrogens is 366 g/mol. The first-order valence-electron chi connectivity index (χ1n) is 9.43. The van der Waals surface area contributed by atoms with Crippen LogP contribution in [0.2, 0.25) is 0 Å². The van der Waals surface area contributed by atoms with Gasteiger partial charge in [-0.25, -0.2) is 9.59 Å². The van der Waals surface area contributed by atoms with E-state index in [1.54, 1.807) is 24.3 Å². The maximum absolute atomic E-state index is 12.5. The molecule has 0 bridgehead atoms. The summed E-state index contributed by atoms with van der Waals surface area (Å²) in [7, 11) is 1.29. The predicted octanol–water partition coefficient (Wildman–Crippen LogP) is 4.44. The molecule has 5 heteroatoms. The van der Waals surface area contributed by atoms with Gasteiger partial charge in [-0.15, -0.1) is 0 Å². The fourth-order valence-corrected chi connectivity index (χ4v) is 3.80. The Morgan fingerprint density at radius 2 is 1.41 bits per heavy atom. The number of alkyl carbamates (subject to hydrolysis) is 1. The van der Waals surface area contributed by atoms with E-state index in [-0.39, 0.29) is 12.5 Å². The van der Waals surface area contributed by atoms with Crippen LogP contribution < -0.4 is 5.32 Å². The SMILES string of the molecule is COC(=O)[C@@H](NC(=O)OCC1c2ccccc2-c2ccccc21)c1ccccc1. The van der Waals surface area contributed by atoms with Gasteiger partial charge in [-0.05, 0) is 27.8 Å². The van der Waals surface area contributed by atoms with Gasteiger partial charge >= 0.3 is 12.1 Å². The maximum Gasteiger partial charge on any atom is 0.408 e. The Morgan fingerprint density at radius 3 is 2.00 bits per heavy atom. The van der Waals surface area contributed by atoms with Crippen LogP contribution in [0.4, 0.5) is 4.79 Å². The van der Waals surface area contributed by atoms with Gasteiger partial charge in [0.25, 0.3) is 0 Å². The Bertz CT molecular complexity index is 986. The third-order valence-corrected chi connectivity index (χ3v) is 5.18. The van der Waals surface area contributed by atoms with Crippen molar-refractivity contribution >= 4 is 12.1 Å². The molecule has 0 saturated heterocycles. The normalized spacial score (nSPS) is 13.1. The zero-order chi connectivity index (χ0) is 20.2. The smallest absolute Gasteiger partial charge is 0.408 e. The lowest BCUT2D eigenvalue weighted by Gasteiger charge is -2.18. The number of esters is 1. The highest BCUT2D eigenvalue weighted by Crippen LogP contribution is 2.44. The molecule has 1 amide bonds. The van der Waals surface area contributed by atoms with Crippen LogP contribution in [-0.4, -0.2) is 25.8 Å². The molecule has 3 aromatic carbocycles. The minimum Gasteiger partial charge on any atom is -0.467 e. The lowest BCUT2D eigenvalue weighted by Crippen LogP contribution is -2.35. The molecule has 1 N–H and O–H groups in total. The molecule has 29 heavy (non-hydrogen) atoms. The first kappa shape index (κ1) is 18.7. The molecule has 0 saturated carbocycles. The molecule has 0 spiro atoms. The van der Waals surface area contributed by atoms with Crippen molar-refractivity contribution in [3.05, 3.63) is 95.6 Å². The van der Waals surface area contributed by atoms with Gasteiger partial charge in [-0.2, -0.15) is 0 Å². The number of fused-ring (bicyclic) bond motifs is 3. The van der Waals surface area contributed by atoms with Crippen LogP contribution in [-0.2, 0) is 14.3 Å². The van der Waals surface area contributed by atoms with E-state index in [1.165, 1.54) is 7.11 Å². The van der Waals surface area contributed by atoms with Crippen molar-refractivity contribution in [1.29, 1.82) is 0 Å². The van der Waals surface area contributed by atoms with Gasteiger partial charge in [0, 0.05) is 5.92 Å². The summed E-state index contributed by atoms with van der Waals surface area (Å²) in [4.78, 5) is 24.6. The summed E-state index contributed by atoms with van der Waals surface area (Å²) < 4.78 is 10.4. The zero-order valence-electron chi connectivity index (χ0n) is 16.0. The van der Waals surface area contributed by atoms with Crippen LogP contribution >= 0.6 is 0 Å². The van der Waals surface area contributed by atoms with E-state index in [1.807, 2.05) is 30.3 Å². The number of amides is 1. The molecule has 0 unspecified atom stereocenters. The monoisotopic (exact) mass is 387 g/mol. The zero-order valence-corrected chi connectivity index (χ0v) is 16.0. The molecule has 0 aliphatic heterocycles. The van der Waals surface area contributed by atoms with E-state index in [2.05, 4.69) is 29.6 Å². The molecule has 0 fully saturated rings. The van der Waals surface area contributed by atoms with Crippen molar-refractivity contribution in [3.63, 3.8) is 0 Å². The second kappa shape index (κ2) is 8.19. The molecule has 0 aromatic heterocycles. The van der Waals surface area contributed by atoms with Crippen LogP contribution in [0.15, 0.2) is 78.9 Å². The van der Waals surface area contributed by atoms with E-state index >= 15 is 0 Å². The van der Waals surface area contributed by atoms with Crippen molar-refractivity contribution in [3.8, 4) is 11.1 Å². The Labute approximate surface area is 169 Å². The van der Waals surface area contributed by atoms with Crippen LogP contribution in [0.5, 0.6) is 0 Å². The fourth-order valence-electron chi connectivity index (χ4n) is 3.80. The minimum absolute atomic E-state index is 0.0403. The molecule has 0 radical (unpaired) electrons. The van der Waals surface area contributed by atoms with E-state index in [0.717, 1.165) is 22.3 Å². The number of rotatable bonds is 5. The molecule has 1 aliphatic rings. The van der Waals surface area contributed by atoms with Crippen molar-refractivity contribution in [2.24, 2.45) is 0 Å². The summed E-state index contributed by atoms with van der Waals surface area (Å²) in [6, 6.07) is 24.3. The van der Waals surface area contributed by atoms with Gasteiger partial charge in [-0.1, -0.05) is 78.9 Å². The van der Waals surface area contributed by atoms with Crippen molar-refractivity contribution in [2.75, 3.05) is 13.7 Å². The van der Waals surface area contributed by atoms with E-state index in [9.17, 15) is 9.59 Å². The molecular formula is C24H21NO4. The van der Waals surface area contributed by atoms with Crippen LogP contribution in [0.3, 0.4) is 0 Å². The van der Waals surface area contributed by atoms with Crippen molar-refractivity contribution in [2.45, 2.75) is 12.0 Å². The average molecular weight is 387 g/mol. The Hall–Kier alpha value is -3.60. The highest BCUT2D eigenvalue weighted by atomic mass is 16.6. The molecule has 5 nitrogen and oxygen atoms in total. The number of benzene rings is 3. The summed E-state index contributed by atoms with van der Waals surface area (Å²) in [5, 5.41) is 2.62. The summed E-state index contributed by atoms with van der Waals surface area (Å²) >= 11 is 0. The lowest BCUT2D eigenvalue weighted by molar-refractivity contribution is -0.143. The Morgan fingerprint density at radius 1 is 0.862 bits per heavy atom. The predicted molar refractivity (Wildman–Crippen MR) is 109 cm³/mol. The average Bonchev–Trinajstić information content (AvgIpc) is 3.10. The molecule has 0 heterocycles. The summed E-state index contributed by atoms with van der Waals surface area (Å²) in [5.74, 6) is -0.592. The fraction of sp³-hybridized carbons (Fsp3) is 0.167. The van der Waals surface area contributed by atoms with Crippen molar-refractivity contribution in [1.82, 2.24) is 5.32 Å². The number of nitrogens with one attached hydrogen (secondary N) is 1. The minimum atomic E-state index is -0.920. The second-order valence-corrected chi connectivity index (χ2v) is 6.84. The Balaban J connectivity index is 1.49. The number of hydrogen-bond donors (Lipinski definition) is 1. The molecule has 1 aliphatic carbocycles. The van der Waals surface area contributed by atoms with Crippen LogP contribution in [0.1, 0.15) is 28.7 Å². The molecule has 4 rings (SSSR count). The summed E-state index contributed by atoms with van der Waals surface area (Å²) in [6.45, 7) is 0.183. The standard InChI is InChI=1S/C24H21NO4/c1-28-23(26)22(16-9-3-2-4-10-16)25-24(27)29-15-21-19-13-7-5-11-17(19)18-12-6-8-14-20(18)21/h2-14,21-22H,15H2,1H3,(H,25,27)/t22-/m0/s1. The number of ether oxygens (including phenoxy) is 2. The molecule has 146 valence electrons. The molecule has 1 atom stereocenters. The van der Waals surface area contributed by atoms with Gasteiger partial charge in [0.2, 0.25) is 0 Å². The highest BCUT2D eigenvalue weighted by molar-refractivity contribution is 5.83. The first-order valence-corrected chi connectivity index (χ1v) is 9.43. The number of carbonyl (C=O) groups excluding carboxylic acids is 2. The van der Waals surface area contributed by atoms with Gasteiger partial charge in [0.15, 0.2) is 6.04 Å². The number of hydrogen-bond acceptors (Lipinski definition) is 4. The van der Waals surface area contributed by atoms with Gasteiger partial charge in [-0.3, -0.25) is 0 Å². The van der Waals surface area contributed by atoms with Crippen LogP contribution in [0, 0.1) is 0 Å². The topological polar surface area (TPSA) is 64.6 Å². The quantitative estimate of drug-likeness (QED) is 0.658. The van der Waals surface area contributed by atoms with Crippen molar-refractivity contribution < 1.29 is 19.1 Å². The van der Waals surface area contributed by atoms with E-state index < -0.39 is 18.1 Å². The van der Waals surface area contributed by atoms with Gasteiger partial charge in [0.1, 0.15) is 6.61 Å². The second-order valence-electron chi connectivity index (χ2n) is 6.84.